The zero-order valence-corrected chi connectivity index (χ0v) is 17.0. The molecular formula is C24H22N6O. The van der Waals surface area contributed by atoms with Crippen molar-refractivity contribution < 1.29 is 4.74 Å². The van der Waals surface area contributed by atoms with E-state index in [9.17, 15) is 0 Å². The summed E-state index contributed by atoms with van der Waals surface area (Å²) in [6, 6.07) is 14.9. The topological polar surface area (TPSA) is 71.9 Å². The lowest BCUT2D eigenvalue weighted by atomic mass is 10.0. The van der Waals surface area contributed by atoms with Crippen LogP contribution in [0.25, 0.3) is 33.2 Å². The van der Waals surface area contributed by atoms with Gasteiger partial charge in [-0.05, 0) is 35.9 Å². The van der Waals surface area contributed by atoms with Gasteiger partial charge in [-0.3, -0.25) is 0 Å². The van der Waals surface area contributed by atoms with Crippen LogP contribution in [0, 0.1) is 0 Å². The standard InChI is InChI=1S/C24H22N6O/c1-2-18-15-28-30(24(18)25-7-1)16-20-14-27-23-22(20)12-19(13-26-23)17-3-5-21(6-4-17)29-8-10-31-11-9-29/h1-7,12-15H,8-11,16H2,(H,26,27). The molecule has 0 atom stereocenters. The number of morpholine rings is 1. The first-order valence-corrected chi connectivity index (χ1v) is 10.5. The van der Waals surface area contributed by atoms with Crippen LogP contribution in [-0.4, -0.2) is 51.0 Å². The molecule has 0 unspecified atom stereocenters. The minimum absolute atomic E-state index is 0.640. The third kappa shape index (κ3) is 3.33. The van der Waals surface area contributed by atoms with Crippen molar-refractivity contribution in [2.24, 2.45) is 0 Å². The molecule has 0 aliphatic carbocycles. The van der Waals surface area contributed by atoms with E-state index in [2.05, 4.69) is 55.3 Å². The van der Waals surface area contributed by atoms with Crippen LogP contribution in [0.1, 0.15) is 5.56 Å². The molecule has 0 saturated carbocycles. The highest BCUT2D eigenvalue weighted by Gasteiger charge is 2.13. The van der Waals surface area contributed by atoms with Gasteiger partial charge < -0.3 is 14.6 Å². The molecule has 7 nitrogen and oxygen atoms in total. The molecule has 31 heavy (non-hydrogen) atoms. The van der Waals surface area contributed by atoms with Crippen molar-refractivity contribution in [2.75, 3.05) is 31.2 Å². The molecule has 0 bridgehead atoms. The average molecular weight is 410 g/mol. The van der Waals surface area contributed by atoms with Gasteiger partial charge in [0.1, 0.15) is 5.65 Å². The molecule has 1 aliphatic heterocycles. The second-order valence-electron chi connectivity index (χ2n) is 7.80. The summed E-state index contributed by atoms with van der Waals surface area (Å²) in [6.45, 7) is 4.11. The number of pyridine rings is 2. The monoisotopic (exact) mass is 410 g/mol. The number of hydrogen-bond donors (Lipinski definition) is 1. The fourth-order valence-electron chi connectivity index (χ4n) is 4.22. The molecular weight excluding hydrogens is 388 g/mol. The lowest BCUT2D eigenvalue weighted by molar-refractivity contribution is 0.122. The Labute approximate surface area is 179 Å². The van der Waals surface area contributed by atoms with Crippen molar-refractivity contribution in [3.8, 4) is 11.1 Å². The summed E-state index contributed by atoms with van der Waals surface area (Å²) >= 11 is 0. The minimum atomic E-state index is 0.640. The Balaban J connectivity index is 1.31. The number of fused-ring (bicyclic) bond motifs is 2. The van der Waals surface area contributed by atoms with E-state index in [1.54, 1.807) is 6.20 Å². The fourth-order valence-corrected chi connectivity index (χ4v) is 4.22. The van der Waals surface area contributed by atoms with Gasteiger partial charge in [0.15, 0.2) is 5.65 Å². The molecule has 1 saturated heterocycles. The summed E-state index contributed by atoms with van der Waals surface area (Å²) in [6.07, 6.45) is 7.60. The Kier molecular flexibility index (Phi) is 4.39. The van der Waals surface area contributed by atoms with E-state index < -0.39 is 0 Å². The maximum atomic E-state index is 5.46. The highest BCUT2D eigenvalue weighted by atomic mass is 16.5. The molecule has 1 aliphatic rings. The first-order chi connectivity index (χ1) is 15.3. The number of H-pyrrole nitrogens is 1. The number of benzene rings is 1. The largest absolute Gasteiger partial charge is 0.378 e. The summed E-state index contributed by atoms with van der Waals surface area (Å²) in [5, 5.41) is 6.67. The molecule has 1 fully saturated rings. The Morgan fingerprint density at radius 1 is 0.968 bits per heavy atom. The minimum Gasteiger partial charge on any atom is -0.378 e. The Morgan fingerprint density at radius 3 is 2.71 bits per heavy atom. The van der Waals surface area contributed by atoms with Gasteiger partial charge in [0.25, 0.3) is 0 Å². The zero-order chi connectivity index (χ0) is 20.6. The number of anilines is 1. The van der Waals surface area contributed by atoms with Gasteiger partial charge in [0, 0.05) is 59.3 Å². The van der Waals surface area contributed by atoms with E-state index in [-0.39, 0.29) is 0 Å². The van der Waals surface area contributed by atoms with Crippen LogP contribution < -0.4 is 4.90 Å². The number of rotatable bonds is 4. The van der Waals surface area contributed by atoms with Crippen LogP contribution >= 0.6 is 0 Å². The van der Waals surface area contributed by atoms with E-state index in [0.717, 1.165) is 65.1 Å². The van der Waals surface area contributed by atoms with Crippen molar-refractivity contribution in [1.29, 1.82) is 0 Å². The number of hydrogen-bond acceptors (Lipinski definition) is 5. The van der Waals surface area contributed by atoms with Crippen LogP contribution in [0.4, 0.5) is 5.69 Å². The molecule has 5 heterocycles. The number of ether oxygens (including phenoxy) is 1. The molecule has 7 heteroatoms. The summed E-state index contributed by atoms with van der Waals surface area (Å²) < 4.78 is 7.39. The quantitative estimate of drug-likeness (QED) is 0.487. The predicted molar refractivity (Wildman–Crippen MR) is 121 cm³/mol. The second kappa shape index (κ2) is 7.52. The Morgan fingerprint density at radius 2 is 1.84 bits per heavy atom. The molecule has 154 valence electrons. The van der Waals surface area contributed by atoms with Gasteiger partial charge in [-0.15, -0.1) is 0 Å². The van der Waals surface area contributed by atoms with Gasteiger partial charge >= 0.3 is 0 Å². The summed E-state index contributed by atoms with van der Waals surface area (Å²) in [7, 11) is 0. The van der Waals surface area contributed by atoms with E-state index in [1.807, 2.05) is 35.4 Å². The highest BCUT2D eigenvalue weighted by molar-refractivity contribution is 5.85. The van der Waals surface area contributed by atoms with Gasteiger partial charge in [-0.25, -0.2) is 14.6 Å². The number of nitrogens with one attached hydrogen (secondary N) is 1. The molecule has 0 amide bonds. The molecule has 4 aromatic heterocycles. The molecule has 1 N–H and O–H groups in total. The molecule has 5 aromatic rings. The van der Waals surface area contributed by atoms with Crippen molar-refractivity contribution in [3.63, 3.8) is 0 Å². The van der Waals surface area contributed by atoms with Gasteiger partial charge in [0.2, 0.25) is 0 Å². The van der Waals surface area contributed by atoms with Crippen LogP contribution in [0.3, 0.4) is 0 Å². The van der Waals surface area contributed by atoms with Crippen molar-refractivity contribution >= 4 is 27.8 Å². The van der Waals surface area contributed by atoms with Gasteiger partial charge in [-0.1, -0.05) is 12.1 Å². The smallest absolute Gasteiger partial charge is 0.158 e. The third-order valence-electron chi connectivity index (χ3n) is 5.91. The van der Waals surface area contributed by atoms with Gasteiger partial charge in [0.05, 0.1) is 26.0 Å². The average Bonchev–Trinajstić information content (AvgIpc) is 3.44. The first kappa shape index (κ1) is 18.1. The van der Waals surface area contributed by atoms with Crippen LogP contribution in [-0.2, 0) is 11.3 Å². The Hall–Kier alpha value is -3.71. The molecule has 0 radical (unpaired) electrons. The molecule has 6 rings (SSSR count). The summed E-state index contributed by atoms with van der Waals surface area (Å²) in [5.41, 5.74) is 6.41. The number of aromatic amines is 1. The SMILES string of the molecule is c1cnc2c(c1)cnn2Cc1c[nH]c2ncc(-c3ccc(N4CCOCC4)cc3)cc12. The van der Waals surface area contributed by atoms with Crippen molar-refractivity contribution in [1.82, 2.24) is 24.7 Å². The molecule has 1 aromatic carbocycles. The van der Waals surface area contributed by atoms with Crippen molar-refractivity contribution in [3.05, 3.63) is 72.8 Å². The van der Waals surface area contributed by atoms with Crippen LogP contribution in [0.15, 0.2) is 67.3 Å². The zero-order valence-electron chi connectivity index (χ0n) is 17.0. The lowest BCUT2D eigenvalue weighted by Crippen LogP contribution is -2.36. The maximum Gasteiger partial charge on any atom is 0.158 e. The van der Waals surface area contributed by atoms with Crippen LogP contribution in [0.2, 0.25) is 0 Å². The van der Waals surface area contributed by atoms with E-state index >= 15 is 0 Å². The lowest BCUT2D eigenvalue weighted by Gasteiger charge is -2.28. The Bertz CT molecular complexity index is 1350. The van der Waals surface area contributed by atoms with Crippen LogP contribution in [0.5, 0.6) is 0 Å². The number of aromatic nitrogens is 5. The normalized spacial score (nSPS) is 14.5. The maximum absolute atomic E-state index is 5.46. The van der Waals surface area contributed by atoms with E-state index in [4.69, 9.17) is 4.74 Å². The summed E-state index contributed by atoms with van der Waals surface area (Å²) in [4.78, 5) is 14.8. The highest BCUT2D eigenvalue weighted by Crippen LogP contribution is 2.27. The predicted octanol–water partition coefficient (Wildman–Crippen LogP) is 3.86. The van der Waals surface area contributed by atoms with E-state index in [0.29, 0.717) is 6.54 Å². The summed E-state index contributed by atoms with van der Waals surface area (Å²) in [5.74, 6) is 0. The van der Waals surface area contributed by atoms with Gasteiger partial charge in [-0.2, -0.15) is 5.10 Å². The van der Waals surface area contributed by atoms with E-state index in [1.165, 1.54) is 5.69 Å². The first-order valence-electron chi connectivity index (χ1n) is 10.5. The third-order valence-corrected chi connectivity index (χ3v) is 5.91. The molecule has 0 spiro atoms. The second-order valence-corrected chi connectivity index (χ2v) is 7.80. The van der Waals surface area contributed by atoms with Crippen molar-refractivity contribution in [2.45, 2.75) is 6.54 Å². The fraction of sp³-hybridized carbons (Fsp3) is 0.208. The number of nitrogens with zero attached hydrogens (tertiary/aromatic N) is 5.